The first-order valence-corrected chi connectivity index (χ1v) is 9.52. The number of sulfonamides is 1. The van der Waals surface area contributed by atoms with Crippen LogP contribution < -0.4 is 0 Å². The molecule has 0 spiro atoms. The number of carboxylic acids is 1. The Balaban J connectivity index is 2.01. The summed E-state index contributed by atoms with van der Waals surface area (Å²) in [5, 5.41) is 9.10. The SMILES string of the molecule is Cn1c(C(=O)O)ccc1S(=O)(=O)N(Cc1ccccn1)Cc1ccccn1. The largest absolute Gasteiger partial charge is 0.477 e. The van der Waals surface area contributed by atoms with E-state index in [1.54, 1.807) is 48.8 Å². The predicted molar refractivity (Wildman–Crippen MR) is 97.3 cm³/mol. The van der Waals surface area contributed by atoms with Gasteiger partial charge in [-0.1, -0.05) is 12.1 Å². The zero-order valence-corrected chi connectivity index (χ0v) is 15.4. The van der Waals surface area contributed by atoms with Crippen molar-refractivity contribution in [1.82, 2.24) is 18.8 Å². The minimum absolute atomic E-state index is 0.0351. The first-order valence-electron chi connectivity index (χ1n) is 8.08. The zero-order chi connectivity index (χ0) is 19.4. The number of rotatable bonds is 7. The quantitative estimate of drug-likeness (QED) is 0.665. The smallest absolute Gasteiger partial charge is 0.352 e. The monoisotopic (exact) mass is 386 g/mol. The highest BCUT2D eigenvalue weighted by atomic mass is 32.2. The number of pyridine rings is 2. The Morgan fingerprint density at radius 1 is 1.00 bits per heavy atom. The van der Waals surface area contributed by atoms with Crippen molar-refractivity contribution in [2.75, 3.05) is 0 Å². The number of carboxylic acid groups (broad SMARTS) is 1. The summed E-state index contributed by atoms with van der Waals surface area (Å²) in [6, 6.07) is 13.1. The number of aromatic carboxylic acids is 1. The Hall–Kier alpha value is -3.04. The van der Waals surface area contributed by atoms with E-state index >= 15 is 0 Å². The van der Waals surface area contributed by atoms with Crippen LogP contribution in [0.15, 0.2) is 66.0 Å². The predicted octanol–water partition coefficient (Wildman–Crippen LogP) is 1.90. The van der Waals surface area contributed by atoms with Crippen molar-refractivity contribution in [2.24, 2.45) is 7.05 Å². The summed E-state index contributed by atoms with van der Waals surface area (Å²) >= 11 is 0. The van der Waals surface area contributed by atoms with Gasteiger partial charge in [0.2, 0.25) is 0 Å². The maximum atomic E-state index is 13.3. The van der Waals surface area contributed by atoms with Crippen molar-refractivity contribution in [3.8, 4) is 0 Å². The number of hydrogen-bond acceptors (Lipinski definition) is 5. The highest BCUT2D eigenvalue weighted by Crippen LogP contribution is 2.22. The molecule has 0 aliphatic rings. The van der Waals surface area contributed by atoms with Gasteiger partial charge in [-0.05, 0) is 36.4 Å². The van der Waals surface area contributed by atoms with Crippen molar-refractivity contribution < 1.29 is 18.3 Å². The topological polar surface area (TPSA) is 105 Å². The summed E-state index contributed by atoms with van der Waals surface area (Å²) in [7, 11) is -2.58. The van der Waals surface area contributed by atoms with Crippen molar-refractivity contribution in [3.05, 3.63) is 78.0 Å². The Morgan fingerprint density at radius 3 is 1.96 bits per heavy atom. The second kappa shape index (κ2) is 7.68. The van der Waals surface area contributed by atoms with Crippen molar-refractivity contribution in [1.29, 1.82) is 0 Å². The van der Waals surface area contributed by atoms with Gasteiger partial charge < -0.3 is 9.67 Å². The molecule has 0 radical (unpaired) electrons. The molecule has 0 bridgehead atoms. The molecule has 0 aliphatic heterocycles. The van der Waals surface area contributed by atoms with Crippen molar-refractivity contribution >= 4 is 16.0 Å². The number of carbonyl (C=O) groups is 1. The second-order valence-electron chi connectivity index (χ2n) is 5.84. The van der Waals surface area contributed by atoms with Crippen LogP contribution in [0.1, 0.15) is 21.9 Å². The molecule has 3 aromatic rings. The number of aromatic nitrogens is 3. The highest BCUT2D eigenvalue weighted by Gasteiger charge is 2.29. The van der Waals surface area contributed by atoms with E-state index in [0.717, 1.165) is 4.57 Å². The van der Waals surface area contributed by atoms with Crippen LogP contribution in [0.3, 0.4) is 0 Å². The Kier molecular flexibility index (Phi) is 5.33. The van der Waals surface area contributed by atoms with E-state index in [0.29, 0.717) is 11.4 Å². The van der Waals surface area contributed by atoms with Gasteiger partial charge in [0.1, 0.15) is 5.69 Å². The molecule has 0 fully saturated rings. The van der Waals surface area contributed by atoms with E-state index < -0.39 is 16.0 Å². The summed E-state index contributed by atoms with van der Waals surface area (Å²) in [5.41, 5.74) is 1.04. The van der Waals surface area contributed by atoms with E-state index in [2.05, 4.69) is 9.97 Å². The fourth-order valence-electron chi connectivity index (χ4n) is 2.67. The standard InChI is InChI=1S/C18H18N4O4S/c1-21-16(18(23)24)8-9-17(21)27(25,26)22(12-14-6-2-4-10-19-14)13-15-7-3-5-11-20-15/h2-11H,12-13H2,1H3,(H,23,24). The van der Waals surface area contributed by atoms with Gasteiger partial charge in [-0.3, -0.25) is 9.97 Å². The molecule has 3 heterocycles. The molecule has 3 aromatic heterocycles. The molecule has 3 rings (SSSR count). The molecular weight excluding hydrogens is 368 g/mol. The average Bonchev–Trinajstić information content (AvgIpc) is 3.05. The van der Waals surface area contributed by atoms with Gasteiger partial charge in [0, 0.05) is 19.4 Å². The van der Waals surface area contributed by atoms with E-state index in [-0.39, 0.29) is 23.8 Å². The van der Waals surface area contributed by atoms with E-state index in [1.165, 1.54) is 23.5 Å². The summed E-state index contributed by atoms with van der Waals surface area (Å²) in [6.45, 7) is 0.0701. The molecule has 9 heteroatoms. The molecule has 0 amide bonds. The van der Waals surface area contributed by atoms with Crippen LogP contribution in [0, 0.1) is 0 Å². The van der Waals surface area contributed by atoms with Crippen LogP contribution in [-0.2, 0) is 30.2 Å². The molecule has 0 saturated carbocycles. The lowest BCUT2D eigenvalue weighted by Gasteiger charge is -2.22. The van der Waals surface area contributed by atoms with Crippen LogP contribution in [0.2, 0.25) is 0 Å². The van der Waals surface area contributed by atoms with Crippen LogP contribution in [0.5, 0.6) is 0 Å². The van der Waals surface area contributed by atoms with Gasteiger partial charge in [-0.25, -0.2) is 13.2 Å². The lowest BCUT2D eigenvalue weighted by Crippen LogP contribution is -2.32. The zero-order valence-electron chi connectivity index (χ0n) is 14.6. The maximum absolute atomic E-state index is 13.3. The Labute approximate surface area is 156 Å². The lowest BCUT2D eigenvalue weighted by atomic mass is 10.3. The van der Waals surface area contributed by atoms with Crippen LogP contribution in [0.25, 0.3) is 0 Å². The molecule has 27 heavy (non-hydrogen) atoms. The number of hydrogen-bond donors (Lipinski definition) is 1. The minimum atomic E-state index is -3.99. The molecular formula is C18H18N4O4S. The maximum Gasteiger partial charge on any atom is 0.352 e. The molecule has 140 valence electrons. The summed E-state index contributed by atoms with van der Waals surface area (Å²) in [4.78, 5) is 19.7. The van der Waals surface area contributed by atoms with Crippen molar-refractivity contribution in [3.63, 3.8) is 0 Å². The third-order valence-electron chi connectivity index (χ3n) is 4.03. The molecule has 0 aromatic carbocycles. The van der Waals surface area contributed by atoms with Gasteiger partial charge in [-0.15, -0.1) is 0 Å². The highest BCUT2D eigenvalue weighted by molar-refractivity contribution is 7.89. The van der Waals surface area contributed by atoms with Gasteiger partial charge >= 0.3 is 5.97 Å². The first-order chi connectivity index (χ1) is 12.9. The van der Waals surface area contributed by atoms with Crippen LogP contribution in [-0.4, -0.2) is 38.3 Å². The summed E-state index contributed by atoms with van der Waals surface area (Å²) in [5.74, 6) is -1.19. The van der Waals surface area contributed by atoms with Crippen LogP contribution in [0.4, 0.5) is 0 Å². The van der Waals surface area contributed by atoms with E-state index in [1.807, 2.05) is 0 Å². The van der Waals surface area contributed by atoms with Gasteiger partial charge in [0.25, 0.3) is 10.0 Å². The Morgan fingerprint density at radius 2 is 1.56 bits per heavy atom. The minimum Gasteiger partial charge on any atom is -0.477 e. The number of nitrogens with zero attached hydrogens (tertiary/aromatic N) is 4. The normalized spacial score (nSPS) is 11.6. The first kappa shape index (κ1) is 18.7. The third-order valence-corrected chi connectivity index (χ3v) is 5.90. The molecule has 0 unspecified atom stereocenters. The Bertz CT molecular complexity index is 992. The fourth-order valence-corrected chi connectivity index (χ4v) is 4.22. The van der Waals surface area contributed by atoms with Gasteiger partial charge in [0.15, 0.2) is 5.03 Å². The van der Waals surface area contributed by atoms with Crippen molar-refractivity contribution in [2.45, 2.75) is 18.1 Å². The molecule has 0 saturated heterocycles. The average molecular weight is 386 g/mol. The molecule has 8 nitrogen and oxygen atoms in total. The molecule has 0 atom stereocenters. The summed E-state index contributed by atoms with van der Waals surface area (Å²) in [6.07, 6.45) is 3.18. The molecule has 0 aliphatic carbocycles. The lowest BCUT2D eigenvalue weighted by molar-refractivity contribution is 0.0685. The fraction of sp³-hybridized carbons (Fsp3) is 0.167. The summed E-state index contributed by atoms with van der Waals surface area (Å²) < 4.78 is 28.9. The third kappa shape index (κ3) is 4.04. The van der Waals surface area contributed by atoms with Crippen LogP contribution >= 0.6 is 0 Å². The second-order valence-corrected chi connectivity index (χ2v) is 7.72. The van der Waals surface area contributed by atoms with E-state index in [9.17, 15) is 18.3 Å². The van der Waals surface area contributed by atoms with Gasteiger partial charge in [-0.2, -0.15) is 4.31 Å². The van der Waals surface area contributed by atoms with E-state index in [4.69, 9.17) is 0 Å². The van der Waals surface area contributed by atoms with Gasteiger partial charge in [0.05, 0.1) is 24.5 Å². The molecule has 1 N–H and O–H groups in total.